The molecule has 110 valence electrons. The average molecular weight is 279 g/mol. The first kappa shape index (κ1) is 14.7. The van der Waals surface area contributed by atoms with Crippen molar-refractivity contribution in [1.82, 2.24) is 4.98 Å². The van der Waals surface area contributed by atoms with Gasteiger partial charge in [0.1, 0.15) is 0 Å². The number of rotatable bonds is 5. The maximum atomic E-state index is 11.0. The van der Waals surface area contributed by atoms with Crippen LogP contribution in [0.5, 0.6) is 0 Å². The highest BCUT2D eigenvalue weighted by Crippen LogP contribution is 2.30. The predicted octanol–water partition coefficient (Wildman–Crippen LogP) is 2.51. The van der Waals surface area contributed by atoms with E-state index >= 15 is 0 Å². The molecule has 1 heterocycles. The van der Waals surface area contributed by atoms with Crippen molar-refractivity contribution < 1.29 is 10.0 Å². The maximum Gasteiger partial charge on any atom is 0.311 e. The van der Waals surface area contributed by atoms with E-state index < -0.39 is 4.92 Å². The Hall–Kier alpha value is -1.69. The highest BCUT2D eigenvalue weighted by molar-refractivity contribution is 5.56. The average Bonchev–Trinajstić information content (AvgIpc) is 2.46. The minimum Gasteiger partial charge on any atom is -0.396 e. The van der Waals surface area contributed by atoms with Crippen LogP contribution in [0.2, 0.25) is 0 Å². The van der Waals surface area contributed by atoms with Gasteiger partial charge in [0.05, 0.1) is 4.92 Å². The normalized spacial score (nSPS) is 22.5. The van der Waals surface area contributed by atoms with Gasteiger partial charge in [-0.25, -0.2) is 4.98 Å². The van der Waals surface area contributed by atoms with Crippen LogP contribution in [0, 0.1) is 28.9 Å². The fraction of sp³-hybridized carbons (Fsp3) is 0.643. The van der Waals surface area contributed by atoms with E-state index in [-0.39, 0.29) is 12.3 Å². The van der Waals surface area contributed by atoms with Crippen molar-refractivity contribution in [2.45, 2.75) is 32.6 Å². The van der Waals surface area contributed by atoms with Crippen molar-refractivity contribution in [2.24, 2.45) is 11.8 Å². The molecule has 2 rings (SSSR count). The fourth-order valence-electron chi connectivity index (χ4n) is 2.85. The van der Waals surface area contributed by atoms with Crippen LogP contribution >= 0.6 is 0 Å². The van der Waals surface area contributed by atoms with Gasteiger partial charge in [-0.1, -0.05) is 12.8 Å². The Morgan fingerprint density at radius 2 is 2.15 bits per heavy atom. The van der Waals surface area contributed by atoms with Gasteiger partial charge in [0.2, 0.25) is 5.82 Å². The third kappa shape index (κ3) is 3.45. The Labute approximate surface area is 118 Å². The molecule has 0 bridgehead atoms. The van der Waals surface area contributed by atoms with Crippen LogP contribution in [0.4, 0.5) is 11.5 Å². The summed E-state index contributed by atoms with van der Waals surface area (Å²) in [5, 5.41) is 23.5. The van der Waals surface area contributed by atoms with Gasteiger partial charge in [0.25, 0.3) is 0 Å². The Morgan fingerprint density at radius 3 is 2.80 bits per heavy atom. The summed E-state index contributed by atoms with van der Waals surface area (Å²) in [6.45, 7) is 2.60. The molecule has 6 nitrogen and oxygen atoms in total. The molecule has 2 atom stereocenters. The van der Waals surface area contributed by atoms with E-state index in [1.807, 2.05) is 0 Å². The summed E-state index contributed by atoms with van der Waals surface area (Å²) in [6, 6.07) is 1.53. The summed E-state index contributed by atoms with van der Waals surface area (Å²) in [4.78, 5) is 14.7. The van der Waals surface area contributed by atoms with Crippen molar-refractivity contribution in [3.05, 3.63) is 27.9 Å². The van der Waals surface area contributed by atoms with E-state index in [4.69, 9.17) is 0 Å². The quantitative estimate of drug-likeness (QED) is 0.638. The van der Waals surface area contributed by atoms with Gasteiger partial charge in [0, 0.05) is 25.4 Å². The Morgan fingerprint density at radius 1 is 1.45 bits per heavy atom. The molecule has 1 aliphatic carbocycles. The fourth-order valence-corrected chi connectivity index (χ4v) is 2.85. The van der Waals surface area contributed by atoms with Crippen molar-refractivity contribution in [2.75, 3.05) is 18.5 Å². The summed E-state index contributed by atoms with van der Waals surface area (Å²) < 4.78 is 0. The van der Waals surface area contributed by atoms with Gasteiger partial charge >= 0.3 is 5.69 Å². The van der Waals surface area contributed by atoms with E-state index in [1.165, 1.54) is 6.07 Å². The minimum absolute atomic E-state index is 0.0151. The topological polar surface area (TPSA) is 88.3 Å². The second-order valence-electron chi connectivity index (χ2n) is 5.51. The molecule has 0 aliphatic heterocycles. The first-order valence-corrected chi connectivity index (χ1v) is 7.07. The first-order chi connectivity index (χ1) is 9.61. The van der Waals surface area contributed by atoms with Crippen LogP contribution < -0.4 is 5.32 Å². The summed E-state index contributed by atoms with van der Waals surface area (Å²) in [5.41, 5.74) is 0.787. The molecule has 2 N–H and O–H groups in total. The maximum absolute atomic E-state index is 11.0. The molecule has 0 amide bonds. The van der Waals surface area contributed by atoms with Crippen molar-refractivity contribution in [1.29, 1.82) is 0 Å². The summed E-state index contributed by atoms with van der Waals surface area (Å²) in [6.07, 6.45) is 6.03. The molecule has 1 fully saturated rings. The molecule has 6 heteroatoms. The summed E-state index contributed by atoms with van der Waals surface area (Å²) in [5.74, 6) is 0.972. The number of nitrogens with one attached hydrogen (secondary N) is 1. The largest absolute Gasteiger partial charge is 0.396 e. The number of nitrogens with zero attached hydrogens (tertiary/aromatic N) is 2. The smallest absolute Gasteiger partial charge is 0.311 e. The monoisotopic (exact) mass is 279 g/mol. The number of hydrogen-bond donors (Lipinski definition) is 2. The van der Waals surface area contributed by atoms with E-state index in [2.05, 4.69) is 10.3 Å². The first-order valence-electron chi connectivity index (χ1n) is 7.07. The predicted molar refractivity (Wildman–Crippen MR) is 76.7 cm³/mol. The lowest BCUT2D eigenvalue weighted by Gasteiger charge is -2.30. The van der Waals surface area contributed by atoms with Gasteiger partial charge in [0.15, 0.2) is 0 Å². The molecule has 0 aromatic carbocycles. The zero-order valence-corrected chi connectivity index (χ0v) is 11.7. The van der Waals surface area contributed by atoms with E-state index in [9.17, 15) is 15.2 Å². The molecule has 2 unspecified atom stereocenters. The third-order valence-electron chi connectivity index (χ3n) is 4.03. The van der Waals surface area contributed by atoms with Crippen LogP contribution in [0.25, 0.3) is 0 Å². The van der Waals surface area contributed by atoms with Gasteiger partial charge in [-0.3, -0.25) is 10.1 Å². The number of aliphatic hydroxyl groups excluding tert-OH is 1. The highest BCUT2D eigenvalue weighted by Gasteiger charge is 2.25. The second kappa shape index (κ2) is 6.65. The number of aliphatic hydroxyl groups is 1. The number of hydrogen-bond acceptors (Lipinski definition) is 5. The van der Waals surface area contributed by atoms with E-state index in [1.54, 1.807) is 13.1 Å². The molecule has 1 aliphatic rings. The van der Waals surface area contributed by atoms with Crippen molar-refractivity contribution in [3.63, 3.8) is 0 Å². The van der Waals surface area contributed by atoms with Crippen LogP contribution in [0.1, 0.15) is 31.2 Å². The van der Waals surface area contributed by atoms with Crippen LogP contribution in [-0.4, -0.2) is 28.2 Å². The molecule has 1 aromatic rings. The lowest BCUT2D eigenvalue weighted by Crippen LogP contribution is -2.29. The number of nitro groups is 1. The number of aromatic nitrogens is 1. The van der Waals surface area contributed by atoms with E-state index in [0.717, 1.165) is 31.2 Å². The van der Waals surface area contributed by atoms with Gasteiger partial charge in [-0.15, -0.1) is 0 Å². The molecule has 1 saturated carbocycles. The van der Waals surface area contributed by atoms with Gasteiger partial charge in [-0.2, -0.15) is 0 Å². The van der Waals surface area contributed by atoms with Crippen molar-refractivity contribution >= 4 is 11.5 Å². The Balaban J connectivity index is 2.04. The second-order valence-corrected chi connectivity index (χ2v) is 5.51. The molecular formula is C14H21N3O3. The Kier molecular flexibility index (Phi) is 4.89. The summed E-state index contributed by atoms with van der Waals surface area (Å²) in [7, 11) is 0. The minimum atomic E-state index is -0.410. The van der Waals surface area contributed by atoms with Crippen LogP contribution in [0.3, 0.4) is 0 Å². The zero-order valence-electron chi connectivity index (χ0n) is 11.7. The number of pyridine rings is 1. The Bertz CT molecular complexity index is 479. The van der Waals surface area contributed by atoms with Crippen LogP contribution in [-0.2, 0) is 0 Å². The van der Waals surface area contributed by atoms with E-state index in [0.29, 0.717) is 24.2 Å². The van der Waals surface area contributed by atoms with Gasteiger partial charge < -0.3 is 10.4 Å². The van der Waals surface area contributed by atoms with Gasteiger partial charge in [-0.05, 0) is 37.2 Å². The molecule has 1 aromatic heterocycles. The lowest BCUT2D eigenvalue weighted by molar-refractivity contribution is -0.384. The standard InChI is InChI=1S/C14H21N3O3/c1-10-6-13(17(19)20)14(15-7-10)16-8-11-4-2-3-5-12(11)9-18/h6-7,11-12,18H,2-5,8-9H2,1H3,(H,15,16). The molecule has 20 heavy (non-hydrogen) atoms. The molecule has 0 spiro atoms. The molecule has 0 radical (unpaired) electrons. The van der Waals surface area contributed by atoms with Crippen LogP contribution in [0.15, 0.2) is 12.3 Å². The van der Waals surface area contributed by atoms with Crippen molar-refractivity contribution in [3.8, 4) is 0 Å². The number of aryl methyl sites for hydroxylation is 1. The SMILES string of the molecule is Cc1cnc(NCC2CCCCC2CO)c([N+](=O)[O-])c1. The number of anilines is 1. The third-order valence-corrected chi connectivity index (χ3v) is 4.03. The molecule has 0 saturated heterocycles. The highest BCUT2D eigenvalue weighted by atomic mass is 16.6. The zero-order chi connectivity index (χ0) is 14.5. The lowest BCUT2D eigenvalue weighted by atomic mass is 9.79. The summed E-state index contributed by atoms with van der Waals surface area (Å²) >= 11 is 0. The molecular weight excluding hydrogens is 258 g/mol.